The van der Waals surface area contributed by atoms with E-state index in [-0.39, 0.29) is 23.0 Å². The third-order valence-corrected chi connectivity index (χ3v) is 6.19. The van der Waals surface area contributed by atoms with Gasteiger partial charge in [-0.25, -0.2) is 9.18 Å². The van der Waals surface area contributed by atoms with Gasteiger partial charge in [0, 0.05) is 31.2 Å². The Labute approximate surface area is 160 Å². The molecule has 8 heteroatoms. The molecule has 0 unspecified atom stereocenters. The number of fused-ring (bicyclic) bond motifs is 5. The molecule has 0 radical (unpaired) electrons. The molecule has 1 aliphatic carbocycles. The van der Waals surface area contributed by atoms with E-state index in [0.717, 1.165) is 25.7 Å². The number of hydrogen-bond acceptors (Lipinski definition) is 5. The van der Waals surface area contributed by atoms with Crippen LogP contribution in [0.1, 0.15) is 42.1 Å². The van der Waals surface area contributed by atoms with Crippen molar-refractivity contribution in [3.63, 3.8) is 0 Å². The van der Waals surface area contributed by atoms with Crippen LogP contribution in [0.25, 0.3) is 10.9 Å². The van der Waals surface area contributed by atoms with Crippen LogP contribution < -0.4 is 20.8 Å². The average molecular weight is 387 g/mol. The zero-order valence-electron chi connectivity index (χ0n) is 15.4. The zero-order valence-corrected chi connectivity index (χ0v) is 15.4. The lowest BCUT2D eigenvalue weighted by Crippen LogP contribution is -2.30. The van der Waals surface area contributed by atoms with E-state index < -0.39 is 17.2 Å². The highest BCUT2D eigenvalue weighted by molar-refractivity contribution is 5.97. The van der Waals surface area contributed by atoms with E-state index in [1.807, 2.05) is 4.90 Å². The molecule has 3 aliphatic rings. The van der Waals surface area contributed by atoms with Gasteiger partial charge in [0.05, 0.1) is 17.5 Å². The minimum absolute atomic E-state index is 0.0658. The van der Waals surface area contributed by atoms with Gasteiger partial charge in [0.2, 0.25) is 5.43 Å². The molecular formula is C20H22FN3O4. The fourth-order valence-electron chi connectivity index (χ4n) is 4.67. The summed E-state index contributed by atoms with van der Waals surface area (Å²) in [6.45, 7) is 1.62. The molecule has 2 aliphatic heterocycles. The van der Waals surface area contributed by atoms with E-state index >= 15 is 4.39 Å². The highest BCUT2D eigenvalue weighted by atomic mass is 19.1. The summed E-state index contributed by atoms with van der Waals surface area (Å²) >= 11 is 0. The number of hydrogen-bond donors (Lipinski definition) is 2. The first-order valence-electron chi connectivity index (χ1n) is 9.73. The highest BCUT2D eigenvalue weighted by Gasteiger charge is 2.38. The molecule has 3 heterocycles. The first-order valence-corrected chi connectivity index (χ1v) is 9.73. The molecule has 0 spiro atoms. The molecule has 1 saturated carbocycles. The van der Waals surface area contributed by atoms with Crippen LogP contribution in [0.4, 0.5) is 10.1 Å². The van der Waals surface area contributed by atoms with Gasteiger partial charge in [0.1, 0.15) is 11.3 Å². The summed E-state index contributed by atoms with van der Waals surface area (Å²) in [5, 5.41) is 9.49. The second kappa shape index (κ2) is 6.20. The predicted octanol–water partition coefficient (Wildman–Crippen LogP) is 2.11. The normalized spacial score (nSPS) is 23.9. The van der Waals surface area contributed by atoms with Crippen molar-refractivity contribution >= 4 is 22.6 Å². The number of benzene rings is 1. The predicted molar refractivity (Wildman–Crippen MR) is 102 cm³/mol. The maximum absolute atomic E-state index is 15.3. The van der Waals surface area contributed by atoms with Crippen LogP contribution in [0.2, 0.25) is 0 Å². The van der Waals surface area contributed by atoms with Crippen molar-refractivity contribution in [2.45, 2.75) is 37.8 Å². The van der Waals surface area contributed by atoms with Crippen molar-refractivity contribution in [2.24, 2.45) is 11.7 Å². The van der Waals surface area contributed by atoms with Crippen molar-refractivity contribution < 1.29 is 19.0 Å². The minimum Gasteiger partial charge on any atom is -0.489 e. The van der Waals surface area contributed by atoms with Crippen LogP contribution >= 0.6 is 0 Å². The van der Waals surface area contributed by atoms with Crippen molar-refractivity contribution in [2.75, 3.05) is 24.6 Å². The van der Waals surface area contributed by atoms with Gasteiger partial charge in [-0.05, 0) is 37.8 Å². The number of aromatic nitrogens is 1. The Morgan fingerprint density at radius 2 is 2.11 bits per heavy atom. The van der Waals surface area contributed by atoms with E-state index in [1.54, 1.807) is 4.57 Å². The van der Waals surface area contributed by atoms with Crippen molar-refractivity contribution in [3.8, 4) is 5.75 Å². The third-order valence-electron chi connectivity index (χ3n) is 6.19. The van der Waals surface area contributed by atoms with Crippen molar-refractivity contribution in [1.82, 2.24) is 4.57 Å². The molecule has 3 N–H and O–H groups in total. The molecular weight excluding hydrogens is 365 g/mol. The standard InChI is InChI=1S/C20H22FN3O4/c21-15-6-13-16(24(11-1-2-11)9-14(18(13)25)20(26)27)19-17(15)23-8-10(7-22)5-12(23)3-4-28-19/h6,9-12H,1-5,7-8,22H2,(H,26,27)/t10-,12+/m1/s1. The van der Waals surface area contributed by atoms with Crippen LogP contribution in [0, 0.1) is 11.7 Å². The van der Waals surface area contributed by atoms with E-state index in [4.69, 9.17) is 10.5 Å². The Bertz CT molecular complexity index is 1050. The van der Waals surface area contributed by atoms with Crippen LogP contribution in [0.5, 0.6) is 5.75 Å². The second-order valence-corrected chi connectivity index (χ2v) is 8.03. The van der Waals surface area contributed by atoms with E-state index in [2.05, 4.69) is 0 Å². The molecule has 0 amide bonds. The number of nitrogens with two attached hydrogens (primary N) is 1. The van der Waals surface area contributed by atoms with Crippen LogP contribution in [-0.2, 0) is 0 Å². The summed E-state index contributed by atoms with van der Waals surface area (Å²) in [4.78, 5) is 26.3. The maximum atomic E-state index is 15.3. The summed E-state index contributed by atoms with van der Waals surface area (Å²) in [6.07, 6.45) is 4.83. The molecule has 148 valence electrons. The first-order chi connectivity index (χ1) is 13.5. The lowest BCUT2D eigenvalue weighted by Gasteiger charge is -2.26. The molecule has 2 atom stereocenters. The minimum atomic E-state index is -1.30. The maximum Gasteiger partial charge on any atom is 0.341 e. The molecule has 1 aromatic heterocycles. The average Bonchev–Trinajstić information content (AvgIpc) is 3.45. The second-order valence-electron chi connectivity index (χ2n) is 8.03. The Balaban J connectivity index is 1.81. The Kier molecular flexibility index (Phi) is 3.87. The number of ether oxygens (including phenoxy) is 1. The van der Waals surface area contributed by atoms with E-state index in [9.17, 15) is 14.7 Å². The SMILES string of the molecule is NC[C@H]1C[C@@H]2CCOc3c(c(F)cc4c(=O)c(C(=O)O)cn(C5CC5)c34)N2C1. The molecule has 0 bridgehead atoms. The summed E-state index contributed by atoms with van der Waals surface area (Å²) in [5.74, 6) is -1.20. The molecule has 7 nitrogen and oxygen atoms in total. The van der Waals surface area contributed by atoms with Crippen molar-refractivity contribution in [1.29, 1.82) is 0 Å². The molecule has 1 aromatic carbocycles. The number of carboxylic acids is 1. The van der Waals surface area contributed by atoms with Gasteiger partial charge in [-0.15, -0.1) is 0 Å². The number of carboxylic acid groups (broad SMARTS) is 1. The Morgan fingerprint density at radius 3 is 2.79 bits per heavy atom. The van der Waals surface area contributed by atoms with Crippen LogP contribution in [0.15, 0.2) is 17.1 Å². The summed E-state index contributed by atoms with van der Waals surface area (Å²) in [6, 6.07) is 1.44. The molecule has 28 heavy (non-hydrogen) atoms. The van der Waals surface area contributed by atoms with Gasteiger partial charge in [-0.3, -0.25) is 4.79 Å². The fourth-order valence-corrected chi connectivity index (χ4v) is 4.67. The topological polar surface area (TPSA) is 97.8 Å². The van der Waals surface area contributed by atoms with Gasteiger partial charge in [0.25, 0.3) is 0 Å². The monoisotopic (exact) mass is 387 g/mol. The first kappa shape index (κ1) is 17.5. The van der Waals surface area contributed by atoms with E-state index in [1.165, 1.54) is 12.3 Å². The number of rotatable bonds is 3. The number of aromatic carboxylic acids is 1. The Morgan fingerprint density at radius 1 is 1.32 bits per heavy atom. The molecule has 5 rings (SSSR count). The number of pyridine rings is 1. The van der Waals surface area contributed by atoms with E-state index in [0.29, 0.717) is 42.6 Å². The third kappa shape index (κ3) is 2.51. The lowest BCUT2D eigenvalue weighted by atomic mass is 10.0. The number of halogens is 1. The van der Waals surface area contributed by atoms with Crippen LogP contribution in [0.3, 0.4) is 0 Å². The van der Waals surface area contributed by atoms with Gasteiger partial charge in [0.15, 0.2) is 11.6 Å². The van der Waals surface area contributed by atoms with Gasteiger partial charge in [-0.2, -0.15) is 0 Å². The quantitative estimate of drug-likeness (QED) is 0.837. The Hall–Kier alpha value is -2.61. The lowest BCUT2D eigenvalue weighted by molar-refractivity contribution is 0.0695. The van der Waals surface area contributed by atoms with Crippen molar-refractivity contribution in [3.05, 3.63) is 33.9 Å². The summed E-state index contributed by atoms with van der Waals surface area (Å²) in [5.41, 5.74) is 5.73. The number of anilines is 1. The number of carbonyl (C=O) groups is 1. The fraction of sp³-hybridized carbons (Fsp3) is 0.500. The highest BCUT2D eigenvalue weighted by Crippen LogP contribution is 2.47. The summed E-state index contributed by atoms with van der Waals surface area (Å²) in [7, 11) is 0. The molecule has 2 aromatic rings. The van der Waals surface area contributed by atoms with Crippen LogP contribution in [-0.4, -0.2) is 41.4 Å². The number of nitrogens with zero attached hydrogens (tertiary/aromatic N) is 2. The molecule has 2 fully saturated rings. The van der Waals surface area contributed by atoms with Gasteiger partial charge in [-0.1, -0.05) is 0 Å². The van der Waals surface area contributed by atoms with Gasteiger partial charge < -0.3 is 25.0 Å². The van der Waals surface area contributed by atoms with Gasteiger partial charge >= 0.3 is 5.97 Å². The zero-order chi connectivity index (χ0) is 19.6. The summed E-state index contributed by atoms with van der Waals surface area (Å²) < 4.78 is 23.1. The molecule has 1 saturated heterocycles. The largest absolute Gasteiger partial charge is 0.489 e. The smallest absolute Gasteiger partial charge is 0.341 e.